The molecule has 0 bridgehead atoms. The maximum atomic E-state index is 13.4. The number of halogens is 1. The third-order valence-corrected chi connectivity index (χ3v) is 7.42. The fourth-order valence-corrected chi connectivity index (χ4v) is 5.09. The number of sulfonamides is 1. The fraction of sp³-hybridized carbons (Fsp3) is 0.318. The summed E-state index contributed by atoms with van der Waals surface area (Å²) in [5.74, 6) is 0.341. The molecular formula is C22H25ClN2O3S. The van der Waals surface area contributed by atoms with Gasteiger partial charge in [-0.15, -0.1) is 6.58 Å². The zero-order valence-electron chi connectivity index (χ0n) is 16.6. The summed E-state index contributed by atoms with van der Waals surface area (Å²) < 4.78 is 27.9. The van der Waals surface area contributed by atoms with Gasteiger partial charge in [-0.3, -0.25) is 9.10 Å². The van der Waals surface area contributed by atoms with Crippen molar-refractivity contribution in [2.75, 3.05) is 17.9 Å². The summed E-state index contributed by atoms with van der Waals surface area (Å²) in [6, 6.07) is 13.0. The predicted molar refractivity (Wildman–Crippen MR) is 117 cm³/mol. The summed E-state index contributed by atoms with van der Waals surface area (Å²) >= 11 is 6.24. The summed E-state index contributed by atoms with van der Waals surface area (Å²) in [6.45, 7) is 5.75. The quantitative estimate of drug-likeness (QED) is 0.573. The Morgan fingerprint density at radius 2 is 1.93 bits per heavy atom. The minimum Gasteiger partial charge on any atom is -0.339 e. The molecule has 1 unspecified atom stereocenters. The molecule has 7 heteroatoms. The minimum atomic E-state index is -3.94. The molecule has 0 saturated heterocycles. The molecule has 1 fully saturated rings. The number of amides is 1. The SMILES string of the molecule is C=CCN(c1ccccc1Cl)S(=O)(=O)c1cccc(C(=O)N(C)C(C)C2CC2)c1. The van der Waals surface area contributed by atoms with Crippen LogP contribution in [0.4, 0.5) is 5.69 Å². The highest BCUT2D eigenvalue weighted by molar-refractivity contribution is 7.92. The molecule has 1 aliphatic rings. The van der Waals surface area contributed by atoms with Crippen LogP contribution in [-0.2, 0) is 10.0 Å². The van der Waals surface area contributed by atoms with Gasteiger partial charge in [-0.05, 0) is 56.0 Å². The standard InChI is InChI=1S/C22H25ClN2O3S/c1-4-14-25(21-11-6-5-10-20(21)23)29(27,28)19-9-7-8-18(15-19)22(26)24(3)16(2)17-12-13-17/h4-11,15-17H,1,12-14H2,2-3H3. The van der Waals surface area contributed by atoms with Crippen LogP contribution in [0.5, 0.6) is 0 Å². The third-order valence-electron chi connectivity index (χ3n) is 5.32. The van der Waals surface area contributed by atoms with E-state index in [1.165, 1.54) is 22.5 Å². The van der Waals surface area contributed by atoms with Gasteiger partial charge in [0.25, 0.3) is 15.9 Å². The van der Waals surface area contributed by atoms with Crippen LogP contribution < -0.4 is 4.31 Å². The van der Waals surface area contributed by atoms with E-state index in [0.717, 1.165) is 12.8 Å². The molecule has 0 aromatic heterocycles. The molecular weight excluding hydrogens is 408 g/mol. The Morgan fingerprint density at radius 3 is 2.55 bits per heavy atom. The van der Waals surface area contributed by atoms with Gasteiger partial charge >= 0.3 is 0 Å². The number of hydrogen-bond acceptors (Lipinski definition) is 3. The topological polar surface area (TPSA) is 57.7 Å². The van der Waals surface area contributed by atoms with E-state index >= 15 is 0 Å². The van der Waals surface area contributed by atoms with Gasteiger partial charge in [-0.1, -0.05) is 35.9 Å². The van der Waals surface area contributed by atoms with Crippen LogP contribution >= 0.6 is 11.6 Å². The third kappa shape index (κ3) is 4.49. The van der Waals surface area contributed by atoms with Gasteiger partial charge in [0.2, 0.25) is 0 Å². The fourth-order valence-electron chi connectivity index (χ4n) is 3.30. The summed E-state index contributed by atoms with van der Waals surface area (Å²) in [4.78, 5) is 14.6. The van der Waals surface area contributed by atoms with Crippen molar-refractivity contribution < 1.29 is 13.2 Å². The molecule has 154 valence electrons. The molecule has 2 aromatic rings. The largest absolute Gasteiger partial charge is 0.339 e. The first kappa shape index (κ1) is 21.4. The number of carbonyl (C=O) groups excluding carboxylic acids is 1. The van der Waals surface area contributed by atoms with E-state index in [1.54, 1.807) is 48.3 Å². The highest BCUT2D eigenvalue weighted by Crippen LogP contribution is 2.35. The Kier molecular flexibility index (Phi) is 6.34. The summed E-state index contributed by atoms with van der Waals surface area (Å²) in [5, 5.41) is 0.322. The molecule has 1 saturated carbocycles. The number of nitrogens with zero attached hydrogens (tertiary/aromatic N) is 2. The lowest BCUT2D eigenvalue weighted by molar-refractivity contribution is 0.0727. The van der Waals surface area contributed by atoms with Gasteiger partial charge < -0.3 is 4.90 Å². The predicted octanol–water partition coefficient (Wildman–Crippen LogP) is 4.59. The second-order valence-electron chi connectivity index (χ2n) is 7.30. The van der Waals surface area contributed by atoms with Gasteiger partial charge in [-0.25, -0.2) is 8.42 Å². The van der Waals surface area contributed by atoms with Gasteiger partial charge in [-0.2, -0.15) is 0 Å². The van der Waals surface area contributed by atoms with Crippen LogP contribution in [0.2, 0.25) is 5.02 Å². The van der Waals surface area contributed by atoms with E-state index in [-0.39, 0.29) is 23.4 Å². The van der Waals surface area contributed by atoms with Crippen LogP contribution in [0, 0.1) is 5.92 Å². The summed E-state index contributed by atoms with van der Waals surface area (Å²) in [7, 11) is -2.17. The number of carbonyl (C=O) groups is 1. The van der Waals surface area contributed by atoms with Gasteiger partial charge in [0.05, 0.1) is 22.2 Å². The first-order chi connectivity index (χ1) is 13.8. The normalized spacial score (nSPS) is 14.9. The highest BCUT2D eigenvalue weighted by Gasteiger charge is 2.33. The Balaban J connectivity index is 1.96. The molecule has 2 aromatic carbocycles. The second kappa shape index (κ2) is 8.59. The Hall–Kier alpha value is -2.31. The van der Waals surface area contributed by atoms with Crippen LogP contribution in [0.25, 0.3) is 0 Å². The van der Waals surface area contributed by atoms with E-state index in [9.17, 15) is 13.2 Å². The minimum absolute atomic E-state index is 0.0394. The molecule has 29 heavy (non-hydrogen) atoms. The van der Waals surface area contributed by atoms with Crippen LogP contribution in [-0.4, -0.2) is 38.9 Å². The van der Waals surface area contributed by atoms with E-state index in [0.29, 0.717) is 22.2 Å². The number of benzene rings is 2. The van der Waals surface area contributed by atoms with Crippen molar-refractivity contribution in [1.82, 2.24) is 4.90 Å². The van der Waals surface area contributed by atoms with Crippen molar-refractivity contribution in [3.63, 3.8) is 0 Å². The molecule has 1 atom stereocenters. The Morgan fingerprint density at radius 1 is 1.24 bits per heavy atom. The van der Waals surface area contributed by atoms with Crippen molar-refractivity contribution >= 4 is 33.2 Å². The van der Waals surface area contributed by atoms with E-state index in [4.69, 9.17) is 11.6 Å². The van der Waals surface area contributed by atoms with E-state index < -0.39 is 10.0 Å². The molecule has 0 spiro atoms. The molecule has 0 N–H and O–H groups in total. The van der Waals surface area contributed by atoms with Gasteiger partial charge in [0.15, 0.2) is 0 Å². The molecule has 3 rings (SSSR count). The summed E-state index contributed by atoms with van der Waals surface area (Å²) in [5.41, 5.74) is 0.712. The van der Waals surface area contributed by atoms with Crippen LogP contribution in [0.1, 0.15) is 30.1 Å². The summed E-state index contributed by atoms with van der Waals surface area (Å²) in [6.07, 6.45) is 3.75. The average molecular weight is 433 g/mol. The number of rotatable bonds is 8. The number of hydrogen-bond donors (Lipinski definition) is 0. The smallest absolute Gasteiger partial charge is 0.264 e. The van der Waals surface area contributed by atoms with E-state index in [2.05, 4.69) is 6.58 Å². The average Bonchev–Trinajstić information content (AvgIpc) is 3.56. The Bertz CT molecular complexity index is 1020. The molecule has 1 aliphatic carbocycles. The first-order valence-electron chi connectivity index (χ1n) is 9.52. The second-order valence-corrected chi connectivity index (χ2v) is 9.57. The molecule has 5 nitrogen and oxygen atoms in total. The molecule has 0 radical (unpaired) electrons. The first-order valence-corrected chi connectivity index (χ1v) is 11.3. The van der Waals surface area contributed by atoms with Crippen molar-refractivity contribution in [2.45, 2.75) is 30.7 Å². The molecule has 1 amide bonds. The number of anilines is 1. The lowest BCUT2D eigenvalue weighted by Gasteiger charge is -2.26. The Labute approximate surface area is 177 Å². The maximum Gasteiger partial charge on any atom is 0.264 e. The van der Waals surface area contributed by atoms with Crippen LogP contribution in [0.3, 0.4) is 0 Å². The van der Waals surface area contributed by atoms with Crippen molar-refractivity contribution in [3.8, 4) is 0 Å². The monoisotopic (exact) mass is 432 g/mol. The van der Waals surface area contributed by atoms with Crippen molar-refractivity contribution in [3.05, 3.63) is 71.8 Å². The molecule has 0 heterocycles. The van der Waals surface area contributed by atoms with Crippen molar-refractivity contribution in [2.24, 2.45) is 5.92 Å². The van der Waals surface area contributed by atoms with Gasteiger partial charge in [0, 0.05) is 18.7 Å². The van der Waals surface area contributed by atoms with E-state index in [1.807, 2.05) is 6.92 Å². The zero-order valence-corrected chi connectivity index (χ0v) is 18.2. The maximum absolute atomic E-state index is 13.4. The highest BCUT2D eigenvalue weighted by atomic mass is 35.5. The zero-order chi connectivity index (χ0) is 21.2. The van der Waals surface area contributed by atoms with Crippen LogP contribution in [0.15, 0.2) is 66.1 Å². The molecule has 0 aliphatic heterocycles. The van der Waals surface area contributed by atoms with Gasteiger partial charge in [0.1, 0.15) is 0 Å². The number of para-hydroxylation sites is 1. The van der Waals surface area contributed by atoms with Crippen molar-refractivity contribution in [1.29, 1.82) is 0 Å². The lowest BCUT2D eigenvalue weighted by atomic mass is 10.1. The lowest BCUT2D eigenvalue weighted by Crippen LogP contribution is -2.36.